The lowest BCUT2D eigenvalue weighted by molar-refractivity contribution is -0.206. The standard InChI is InChI=1S/C8H9F3N2O3/c1-7(6(14)15,8(9,10)11)12-2-5-3-13-16-4-5/h3-4,12H,2H2,1H3,(H,14,15). The summed E-state index contributed by atoms with van der Waals surface area (Å²) in [6.45, 7) is 0.259. The van der Waals surface area contributed by atoms with Crippen LogP contribution in [-0.4, -0.2) is 27.9 Å². The van der Waals surface area contributed by atoms with Gasteiger partial charge in [-0.05, 0) is 6.92 Å². The van der Waals surface area contributed by atoms with Gasteiger partial charge in [-0.3, -0.25) is 5.32 Å². The smallest absolute Gasteiger partial charge is 0.417 e. The molecule has 0 fully saturated rings. The van der Waals surface area contributed by atoms with E-state index in [1.54, 1.807) is 0 Å². The van der Waals surface area contributed by atoms with Gasteiger partial charge in [0.1, 0.15) is 6.26 Å². The molecule has 0 amide bonds. The van der Waals surface area contributed by atoms with E-state index in [1.807, 2.05) is 5.32 Å². The maximum absolute atomic E-state index is 12.5. The molecule has 0 bridgehead atoms. The predicted molar refractivity (Wildman–Crippen MR) is 45.4 cm³/mol. The molecule has 1 aromatic heterocycles. The monoisotopic (exact) mass is 238 g/mol. The van der Waals surface area contributed by atoms with Crippen LogP contribution in [0.2, 0.25) is 0 Å². The van der Waals surface area contributed by atoms with E-state index in [0.29, 0.717) is 12.5 Å². The largest absolute Gasteiger partial charge is 0.480 e. The minimum absolute atomic E-state index is 0.300. The number of aromatic nitrogens is 1. The van der Waals surface area contributed by atoms with Crippen LogP contribution in [0.1, 0.15) is 12.5 Å². The third-order valence-electron chi connectivity index (χ3n) is 2.12. The van der Waals surface area contributed by atoms with Crippen LogP contribution in [0.3, 0.4) is 0 Å². The maximum Gasteiger partial charge on any atom is 0.417 e. The first-order valence-electron chi connectivity index (χ1n) is 4.21. The Hall–Kier alpha value is -1.57. The normalized spacial score (nSPS) is 15.8. The zero-order valence-electron chi connectivity index (χ0n) is 8.21. The molecule has 0 saturated carbocycles. The van der Waals surface area contributed by atoms with E-state index in [0.717, 1.165) is 6.26 Å². The van der Waals surface area contributed by atoms with Crippen LogP contribution >= 0.6 is 0 Å². The van der Waals surface area contributed by atoms with Gasteiger partial charge in [0.25, 0.3) is 0 Å². The van der Waals surface area contributed by atoms with Gasteiger partial charge in [-0.25, -0.2) is 4.79 Å². The number of aliphatic carboxylic acids is 1. The molecular formula is C8H9F3N2O3. The van der Waals surface area contributed by atoms with E-state index < -0.39 is 17.7 Å². The molecule has 1 aromatic rings. The summed E-state index contributed by atoms with van der Waals surface area (Å²) in [6, 6.07) is 0. The molecule has 0 aromatic carbocycles. The van der Waals surface area contributed by atoms with Crippen LogP contribution in [-0.2, 0) is 11.3 Å². The summed E-state index contributed by atoms with van der Waals surface area (Å²) < 4.78 is 41.9. The number of halogens is 3. The fourth-order valence-corrected chi connectivity index (χ4v) is 0.890. The molecule has 1 unspecified atom stereocenters. The summed E-state index contributed by atoms with van der Waals surface area (Å²) in [4.78, 5) is 10.6. The molecule has 1 atom stereocenters. The number of rotatable bonds is 4. The highest BCUT2D eigenvalue weighted by atomic mass is 19.4. The van der Waals surface area contributed by atoms with Crippen LogP contribution in [0.15, 0.2) is 17.0 Å². The van der Waals surface area contributed by atoms with E-state index in [4.69, 9.17) is 5.11 Å². The lowest BCUT2D eigenvalue weighted by atomic mass is 10.0. The van der Waals surface area contributed by atoms with Gasteiger partial charge in [0.2, 0.25) is 5.54 Å². The van der Waals surface area contributed by atoms with Crippen LogP contribution in [0.25, 0.3) is 0 Å². The number of carbonyl (C=O) groups is 1. The molecule has 8 heteroatoms. The molecule has 90 valence electrons. The topological polar surface area (TPSA) is 75.4 Å². The van der Waals surface area contributed by atoms with Crippen LogP contribution in [0, 0.1) is 0 Å². The fraction of sp³-hybridized carbons (Fsp3) is 0.500. The molecule has 0 saturated heterocycles. The van der Waals surface area contributed by atoms with Crippen molar-refractivity contribution in [2.24, 2.45) is 0 Å². The Balaban J connectivity index is 2.77. The minimum Gasteiger partial charge on any atom is -0.480 e. The van der Waals surface area contributed by atoms with Gasteiger partial charge in [0.15, 0.2) is 0 Å². The number of carboxylic acid groups (broad SMARTS) is 1. The summed E-state index contributed by atoms with van der Waals surface area (Å²) in [5, 5.41) is 13.8. The molecule has 1 heterocycles. The van der Waals surface area contributed by atoms with E-state index in [2.05, 4.69) is 9.68 Å². The Kier molecular flexibility index (Phi) is 3.22. The highest BCUT2D eigenvalue weighted by Gasteiger charge is 2.57. The molecule has 0 aliphatic carbocycles. The van der Waals surface area contributed by atoms with Crippen molar-refractivity contribution >= 4 is 5.97 Å². The molecule has 0 aliphatic heterocycles. The third-order valence-corrected chi connectivity index (χ3v) is 2.12. The molecular weight excluding hydrogens is 229 g/mol. The molecule has 0 spiro atoms. The Bertz CT molecular complexity index is 363. The van der Waals surface area contributed by atoms with Crippen molar-refractivity contribution in [1.82, 2.24) is 10.5 Å². The number of carboxylic acids is 1. The Labute approximate surface area is 88.2 Å². The fourth-order valence-electron chi connectivity index (χ4n) is 0.890. The highest BCUT2D eigenvalue weighted by molar-refractivity contribution is 5.79. The van der Waals surface area contributed by atoms with Crippen molar-refractivity contribution in [3.8, 4) is 0 Å². The second-order valence-corrected chi connectivity index (χ2v) is 3.31. The van der Waals surface area contributed by atoms with Crippen LogP contribution < -0.4 is 5.32 Å². The predicted octanol–water partition coefficient (Wildman–Crippen LogP) is 1.17. The van der Waals surface area contributed by atoms with Gasteiger partial charge in [0, 0.05) is 12.1 Å². The van der Waals surface area contributed by atoms with Gasteiger partial charge in [0.05, 0.1) is 6.20 Å². The van der Waals surface area contributed by atoms with Gasteiger partial charge in [-0.1, -0.05) is 5.16 Å². The highest BCUT2D eigenvalue weighted by Crippen LogP contribution is 2.30. The second kappa shape index (κ2) is 4.12. The first-order chi connectivity index (χ1) is 7.27. The van der Waals surface area contributed by atoms with Gasteiger partial charge < -0.3 is 9.63 Å². The van der Waals surface area contributed by atoms with E-state index in [1.165, 1.54) is 6.20 Å². The average Bonchev–Trinajstić information content (AvgIpc) is 2.64. The molecule has 0 radical (unpaired) electrons. The van der Waals surface area contributed by atoms with Gasteiger partial charge in [-0.15, -0.1) is 0 Å². The van der Waals surface area contributed by atoms with Crippen molar-refractivity contribution in [2.45, 2.75) is 25.2 Å². The van der Waals surface area contributed by atoms with Crippen molar-refractivity contribution in [2.75, 3.05) is 0 Å². The average molecular weight is 238 g/mol. The number of nitrogens with one attached hydrogen (secondary N) is 1. The van der Waals surface area contributed by atoms with Gasteiger partial charge >= 0.3 is 12.1 Å². The number of hydrogen-bond donors (Lipinski definition) is 2. The summed E-state index contributed by atoms with van der Waals surface area (Å²) >= 11 is 0. The molecule has 2 N–H and O–H groups in total. The maximum atomic E-state index is 12.5. The minimum atomic E-state index is -4.89. The van der Waals surface area contributed by atoms with E-state index in [9.17, 15) is 18.0 Å². The molecule has 1 rings (SSSR count). The Morgan fingerprint density at radius 3 is 2.62 bits per heavy atom. The summed E-state index contributed by atoms with van der Waals surface area (Å²) in [5.41, 5.74) is -2.67. The van der Waals surface area contributed by atoms with E-state index >= 15 is 0 Å². The number of hydrogen-bond acceptors (Lipinski definition) is 4. The Morgan fingerprint density at radius 1 is 1.62 bits per heavy atom. The number of nitrogens with zero attached hydrogens (tertiary/aromatic N) is 1. The molecule has 5 nitrogen and oxygen atoms in total. The zero-order valence-corrected chi connectivity index (χ0v) is 8.21. The third kappa shape index (κ3) is 2.32. The molecule has 16 heavy (non-hydrogen) atoms. The quantitative estimate of drug-likeness (QED) is 0.823. The second-order valence-electron chi connectivity index (χ2n) is 3.31. The van der Waals surface area contributed by atoms with Crippen molar-refractivity contribution in [1.29, 1.82) is 0 Å². The van der Waals surface area contributed by atoms with Crippen molar-refractivity contribution in [3.63, 3.8) is 0 Å². The lowest BCUT2D eigenvalue weighted by Crippen LogP contribution is -2.59. The first-order valence-corrected chi connectivity index (χ1v) is 4.21. The van der Waals surface area contributed by atoms with Crippen molar-refractivity contribution in [3.05, 3.63) is 18.0 Å². The van der Waals surface area contributed by atoms with Crippen LogP contribution in [0.4, 0.5) is 13.2 Å². The Morgan fingerprint density at radius 2 is 2.25 bits per heavy atom. The summed E-state index contributed by atoms with van der Waals surface area (Å²) in [6.07, 6.45) is -2.56. The van der Waals surface area contributed by atoms with E-state index in [-0.39, 0.29) is 6.54 Å². The lowest BCUT2D eigenvalue weighted by Gasteiger charge is -2.28. The zero-order chi connectivity index (χ0) is 12.4. The number of alkyl halides is 3. The summed E-state index contributed by atoms with van der Waals surface area (Å²) in [5.74, 6) is -1.99. The molecule has 0 aliphatic rings. The van der Waals surface area contributed by atoms with Gasteiger partial charge in [-0.2, -0.15) is 13.2 Å². The SMILES string of the molecule is CC(NCc1cnoc1)(C(=O)O)C(F)(F)F. The van der Waals surface area contributed by atoms with Crippen LogP contribution in [0.5, 0.6) is 0 Å². The summed E-state index contributed by atoms with van der Waals surface area (Å²) in [7, 11) is 0. The van der Waals surface area contributed by atoms with Crippen molar-refractivity contribution < 1.29 is 27.6 Å². The first kappa shape index (κ1) is 12.5.